The lowest BCUT2D eigenvalue weighted by Gasteiger charge is -2.24. The molecule has 10 heteroatoms. The van der Waals surface area contributed by atoms with Crippen molar-refractivity contribution in [3.63, 3.8) is 0 Å². The highest BCUT2D eigenvalue weighted by atomic mass is 16.6. The molecule has 27 heavy (non-hydrogen) atoms. The summed E-state index contributed by atoms with van der Waals surface area (Å²) >= 11 is 0. The van der Waals surface area contributed by atoms with Gasteiger partial charge in [0.05, 0.1) is 10.5 Å². The Hall–Kier alpha value is -3.30. The first-order chi connectivity index (χ1) is 12.4. The first kappa shape index (κ1) is 20.0. The van der Waals surface area contributed by atoms with Gasteiger partial charge in [0.25, 0.3) is 17.5 Å². The fourth-order valence-electron chi connectivity index (χ4n) is 2.77. The molecule has 1 unspecified atom stereocenters. The van der Waals surface area contributed by atoms with Crippen LogP contribution in [0.4, 0.5) is 5.69 Å². The molecule has 1 aromatic rings. The topological polar surface area (TPSA) is 150 Å². The lowest BCUT2D eigenvalue weighted by molar-refractivity contribution is -0.385. The van der Waals surface area contributed by atoms with Crippen molar-refractivity contribution in [2.24, 2.45) is 5.73 Å². The number of nitrogens with zero attached hydrogens (tertiary/aromatic N) is 2. The smallest absolute Gasteiger partial charge is 0.306 e. The second-order valence-corrected chi connectivity index (χ2v) is 6.98. The molecule has 0 bridgehead atoms. The average Bonchev–Trinajstić information content (AvgIpc) is 2.78. The van der Waals surface area contributed by atoms with Crippen LogP contribution in [-0.4, -0.2) is 45.2 Å². The average molecular weight is 377 g/mol. The summed E-state index contributed by atoms with van der Waals surface area (Å²) in [5, 5.41) is 11.1. The van der Waals surface area contributed by atoms with Gasteiger partial charge in [-0.25, -0.2) is 0 Å². The second kappa shape index (κ2) is 7.14. The number of benzene rings is 1. The zero-order chi connectivity index (χ0) is 20.5. The summed E-state index contributed by atoms with van der Waals surface area (Å²) in [4.78, 5) is 59.8. The zero-order valence-electron chi connectivity index (χ0n) is 15.1. The highest BCUT2D eigenvalue weighted by molar-refractivity contribution is 6.24. The normalized spacial score (nSPS) is 14.7. The third-order valence-electron chi connectivity index (χ3n) is 3.80. The number of nitro benzene ring substituents is 1. The van der Waals surface area contributed by atoms with Gasteiger partial charge in [-0.15, -0.1) is 0 Å². The standard InChI is InChI=1S/C17H19N3O7/c1-17(2,3)27-12(21)8-7-11(14(18)22)19-15(23)9-5-4-6-10(20(25)26)13(9)16(19)24/h4-6,11H,7-8H2,1-3H3,(H2,18,22). The van der Waals surface area contributed by atoms with E-state index in [9.17, 15) is 29.3 Å². The number of nitrogens with two attached hydrogens (primary N) is 1. The molecule has 2 rings (SSSR count). The van der Waals surface area contributed by atoms with E-state index in [4.69, 9.17) is 10.5 Å². The highest BCUT2D eigenvalue weighted by Gasteiger charge is 2.45. The minimum absolute atomic E-state index is 0.183. The minimum atomic E-state index is -1.43. The van der Waals surface area contributed by atoms with Crippen molar-refractivity contribution in [3.05, 3.63) is 39.4 Å². The van der Waals surface area contributed by atoms with Crippen molar-refractivity contribution in [3.8, 4) is 0 Å². The number of carbonyl (C=O) groups is 4. The van der Waals surface area contributed by atoms with E-state index in [1.54, 1.807) is 20.8 Å². The maximum absolute atomic E-state index is 12.6. The number of nitro groups is 1. The van der Waals surface area contributed by atoms with E-state index >= 15 is 0 Å². The number of fused-ring (bicyclic) bond motifs is 1. The van der Waals surface area contributed by atoms with Gasteiger partial charge in [-0.2, -0.15) is 0 Å². The zero-order valence-corrected chi connectivity index (χ0v) is 15.1. The summed E-state index contributed by atoms with van der Waals surface area (Å²) in [6.45, 7) is 5.00. The van der Waals surface area contributed by atoms with Gasteiger partial charge in [0.2, 0.25) is 5.91 Å². The molecule has 1 heterocycles. The molecule has 10 nitrogen and oxygen atoms in total. The summed E-state index contributed by atoms with van der Waals surface area (Å²) in [5.41, 5.74) is 3.46. The molecule has 0 aliphatic carbocycles. The highest BCUT2D eigenvalue weighted by Crippen LogP contribution is 2.32. The van der Waals surface area contributed by atoms with Crippen LogP contribution >= 0.6 is 0 Å². The molecule has 0 spiro atoms. The molecule has 0 aromatic heterocycles. The molecule has 1 aromatic carbocycles. The predicted octanol–water partition coefficient (Wildman–Crippen LogP) is 1.17. The van der Waals surface area contributed by atoms with Crippen LogP contribution in [-0.2, 0) is 14.3 Å². The summed E-state index contributed by atoms with van der Waals surface area (Å²) in [6.07, 6.45) is -0.510. The molecule has 2 N–H and O–H groups in total. The molecule has 1 aliphatic rings. The van der Waals surface area contributed by atoms with Crippen LogP contribution < -0.4 is 5.73 Å². The van der Waals surface area contributed by atoms with Gasteiger partial charge in [-0.05, 0) is 33.3 Å². The molecular formula is C17H19N3O7. The SMILES string of the molecule is CC(C)(C)OC(=O)CCC(C(N)=O)N1C(=O)c2cccc([N+](=O)[O-])c2C1=O. The number of amides is 3. The Morgan fingerprint density at radius 3 is 2.41 bits per heavy atom. The van der Waals surface area contributed by atoms with Crippen LogP contribution in [0, 0.1) is 10.1 Å². The van der Waals surface area contributed by atoms with Crippen molar-refractivity contribution >= 4 is 29.4 Å². The van der Waals surface area contributed by atoms with E-state index in [-0.39, 0.29) is 18.4 Å². The van der Waals surface area contributed by atoms with Crippen molar-refractivity contribution in [1.82, 2.24) is 4.90 Å². The molecule has 0 saturated heterocycles. The number of rotatable bonds is 6. The van der Waals surface area contributed by atoms with Crippen molar-refractivity contribution in [1.29, 1.82) is 0 Å². The van der Waals surface area contributed by atoms with E-state index in [0.29, 0.717) is 4.90 Å². The van der Waals surface area contributed by atoms with Gasteiger partial charge in [-0.1, -0.05) is 6.07 Å². The van der Waals surface area contributed by atoms with Crippen LogP contribution in [0.5, 0.6) is 0 Å². The van der Waals surface area contributed by atoms with E-state index in [2.05, 4.69) is 0 Å². The Balaban J connectivity index is 2.29. The lowest BCUT2D eigenvalue weighted by atomic mass is 10.1. The van der Waals surface area contributed by atoms with Crippen LogP contribution in [0.3, 0.4) is 0 Å². The van der Waals surface area contributed by atoms with Crippen LogP contribution in [0.1, 0.15) is 54.3 Å². The Kier molecular flexibility index (Phi) is 5.29. The van der Waals surface area contributed by atoms with E-state index in [1.807, 2.05) is 0 Å². The van der Waals surface area contributed by atoms with Crippen LogP contribution in [0.15, 0.2) is 18.2 Å². The van der Waals surface area contributed by atoms with Crippen LogP contribution in [0.2, 0.25) is 0 Å². The minimum Gasteiger partial charge on any atom is -0.460 e. The van der Waals surface area contributed by atoms with Gasteiger partial charge >= 0.3 is 5.97 Å². The Bertz CT molecular complexity index is 841. The first-order valence-electron chi connectivity index (χ1n) is 8.10. The van der Waals surface area contributed by atoms with Crippen LogP contribution in [0.25, 0.3) is 0 Å². The first-order valence-corrected chi connectivity index (χ1v) is 8.10. The van der Waals surface area contributed by atoms with Crippen molar-refractivity contribution < 1.29 is 28.8 Å². The Morgan fingerprint density at radius 2 is 1.89 bits per heavy atom. The van der Waals surface area contributed by atoms with Gasteiger partial charge in [0, 0.05) is 12.5 Å². The largest absolute Gasteiger partial charge is 0.460 e. The fraction of sp³-hybridized carbons (Fsp3) is 0.412. The maximum atomic E-state index is 12.6. The fourth-order valence-corrected chi connectivity index (χ4v) is 2.77. The lowest BCUT2D eigenvalue weighted by Crippen LogP contribution is -2.48. The molecule has 0 saturated carbocycles. The monoisotopic (exact) mass is 377 g/mol. The molecule has 0 radical (unpaired) electrons. The number of imide groups is 1. The second-order valence-electron chi connectivity index (χ2n) is 6.98. The van der Waals surface area contributed by atoms with E-state index in [0.717, 1.165) is 6.07 Å². The third-order valence-corrected chi connectivity index (χ3v) is 3.80. The number of esters is 1. The van der Waals surface area contributed by atoms with Crippen molar-refractivity contribution in [2.45, 2.75) is 45.3 Å². The molecule has 1 aliphatic heterocycles. The maximum Gasteiger partial charge on any atom is 0.306 e. The van der Waals surface area contributed by atoms with Crippen molar-refractivity contribution in [2.75, 3.05) is 0 Å². The number of primary amides is 1. The number of carbonyl (C=O) groups excluding carboxylic acids is 4. The Morgan fingerprint density at radius 1 is 1.26 bits per heavy atom. The number of ether oxygens (including phenoxy) is 1. The third kappa shape index (κ3) is 4.10. The molecule has 1 atom stereocenters. The van der Waals surface area contributed by atoms with Gasteiger partial charge in [0.15, 0.2) is 0 Å². The number of hydrogen-bond donors (Lipinski definition) is 1. The van der Waals surface area contributed by atoms with Gasteiger partial charge < -0.3 is 10.5 Å². The van der Waals surface area contributed by atoms with Gasteiger partial charge in [0.1, 0.15) is 17.2 Å². The van der Waals surface area contributed by atoms with E-state index in [1.165, 1.54) is 12.1 Å². The molecule has 144 valence electrons. The van der Waals surface area contributed by atoms with E-state index < -0.39 is 51.5 Å². The Labute approximate surface area is 154 Å². The summed E-state index contributed by atoms with van der Waals surface area (Å²) < 4.78 is 5.13. The predicted molar refractivity (Wildman–Crippen MR) is 91.7 cm³/mol. The summed E-state index contributed by atoms with van der Waals surface area (Å²) in [7, 11) is 0. The summed E-state index contributed by atoms with van der Waals surface area (Å²) in [6, 6.07) is 2.19. The molecule has 3 amide bonds. The molecule has 0 fully saturated rings. The van der Waals surface area contributed by atoms with Gasteiger partial charge in [-0.3, -0.25) is 34.2 Å². The number of hydrogen-bond acceptors (Lipinski definition) is 7. The summed E-state index contributed by atoms with van der Waals surface area (Å²) in [5.74, 6) is -3.49. The molecular weight excluding hydrogens is 358 g/mol. The quantitative estimate of drug-likeness (QED) is 0.338.